The smallest absolute Gasteiger partial charge is 0.309 e. The molecule has 0 radical (unpaired) electrons. The summed E-state index contributed by atoms with van der Waals surface area (Å²) in [5.41, 5.74) is 0. The average Bonchev–Trinajstić information content (AvgIpc) is 2.30. The maximum absolute atomic E-state index is 11.5. The lowest BCUT2D eigenvalue weighted by Crippen LogP contribution is -2.28. The summed E-state index contributed by atoms with van der Waals surface area (Å²) in [6.45, 7) is 8.04. The van der Waals surface area contributed by atoms with E-state index in [-0.39, 0.29) is 11.9 Å². The quantitative estimate of drug-likeness (QED) is 0.629. The van der Waals surface area contributed by atoms with Crippen LogP contribution in [0.1, 0.15) is 40.5 Å². The lowest BCUT2D eigenvalue weighted by Gasteiger charge is -2.17. The van der Waals surface area contributed by atoms with Crippen LogP contribution in [0.5, 0.6) is 0 Å². The highest BCUT2D eigenvalue weighted by Gasteiger charge is 2.28. The zero-order chi connectivity index (χ0) is 12.6. The molecule has 0 aliphatic heterocycles. The molecule has 0 saturated heterocycles. The molecule has 0 aromatic carbocycles. The average molecular weight is 230 g/mol. The molecule has 16 heavy (non-hydrogen) atoms. The molecule has 0 aromatic heterocycles. The molecule has 0 heterocycles. The van der Waals surface area contributed by atoms with E-state index < -0.39 is 11.8 Å². The molecule has 0 aliphatic rings. The van der Waals surface area contributed by atoms with Crippen LogP contribution in [0.4, 0.5) is 0 Å². The molecule has 94 valence electrons. The van der Waals surface area contributed by atoms with Gasteiger partial charge < -0.3 is 9.47 Å². The molecule has 0 bridgehead atoms. The Morgan fingerprint density at radius 3 is 1.44 bits per heavy atom. The van der Waals surface area contributed by atoms with Crippen LogP contribution >= 0.6 is 0 Å². The van der Waals surface area contributed by atoms with Crippen molar-refractivity contribution in [2.75, 3.05) is 13.2 Å². The van der Waals surface area contributed by atoms with E-state index in [2.05, 4.69) is 0 Å². The second-order valence-corrected chi connectivity index (χ2v) is 3.91. The van der Waals surface area contributed by atoms with Crippen LogP contribution in [-0.2, 0) is 19.1 Å². The minimum Gasteiger partial charge on any atom is -0.465 e. The van der Waals surface area contributed by atoms with Gasteiger partial charge in [-0.15, -0.1) is 0 Å². The second-order valence-electron chi connectivity index (χ2n) is 3.91. The first-order valence-electron chi connectivity index (χ1n) is 5.87. The van der Waals surface area contributed by atoms with Crippen molar-refractivity contribution < 1.29 is 19.1 Å². The van der Waals surface area contributed by atoms with Gasteiger partial charge in [-0.2, -0.15) is 0 Å². The number of carbonyl (C=O) groups excluding carboxylic acids is 2. The van der Waals surface area contributed by atoms with Crippen molar-refractivity contribution in [2.45, 2.75) is 40.5 Å². The summed E-state index contributed by atoms with van der Waals surface area (Å²) in [6.07, 6.45) is 1.57. The van der Waals surface area contributed by atoms with Crippen LogP contribution in [0.25, 0.3) is 0 Å². The highest BCUT2D eigenvalue weighted by Crippen LogP contribution is 2.14. The largest absolute Gasteiger partial charge is 0.465 e. The first kappa shape index (κ1) is 14.9. The SMILES string of the molecule is CCCOC(=O)[C@H](C)[C@@H](C)C(=O)OCCC. The number of hydrogen-bond acceptors (Lipinski definition) is 4. The Hall–Kier alpha value is -1.06. The molecular formula is C12H22O4. The summed E-state index contributed by atoms with van der Waals surface area (Å²) in [4.78, 5) is 23.0. The van der Waals surface area contributed by atoms with Gasteiger partial charge in [0, 0.05) is 0 Å². The molecule has 0 unspecified atom stereocenters. The fourth-order valence-electron chi connectivity index (χ4n) is 1.08. The van der Waals surface area contributed by atoms with Gasteiger partial charge in [-0.3, -0.25) is 9.59 Å². The number of carbonyl (C=O) groups is 2. The monoisotopic (exact) mass is 230 g/mol. The Bertz CT molecular complexity index is 201. The van der Waals surface area contributed by atoms with Gasteiger partial charge in [-0.25, -0.2) is 0 Å². The van der Waals surface area contributed by atoms with Crippen LogP contribution in [0.3, 0.4) is 0 Å². The molecule has 4 nitrogen and oxygen atoms in total. The normalized spacial score (nSPS) is 14.0. The molecule has 0 fully saturated rings. The topological polar surface area (TPSA) is 52.6 Å². The summed E-state index contributed by atoms with van der Waals surface area (Å²) >= 11 is 0. The number of esters is 2. The first-order valence-corrected chi connectivity index (χ1v) is 5.87. The standard InChI is InChI=1S/C12H22O4/c1-5-7-15-11(13)9(3)10(4)12(14)16-8-6-2/h9-10H,5-8H2,1-4H3/t9-,10-/m1/s1. The van der Waals surface area contributed by atoms with E-state index in [1.807, 2.05) is 13.8 Å². The molecule has 0 amide bonds. The van der Waals surface area contributed by atoms with Crippen LogP contribution in [0.15, 0.2) is 0 Å². The summed E-state index contributed by atoms with van der Waals surface area (Å²) in [5.74, 6) is -1.56. The van der Waals surface area contributed by atoms with E-state index >= 15 is 0 Å². The minimum atomic E-state index is -0.448. The third-order valence-electron chi connectivity index (χ3n) is 2.39. The van der Waals surface area contributed by atoms with E-state index in [9.17, 15) is 9.59 Å². The van der Waals surface area contributed by atoms with Crippen molar-refractivity contribution >= 4 is 11.9 Å². The van der Waals surface area contributed by atoms with Gasteiger partial charge in [0.25, 0.3) is 0 Å². The highest BCUT2D eigenvalue weighted by atomic mass is 16.5. The predicted octanol–water partition coefficient (Wildman–Crippen LogP) is 2.17. The Morgan fingerprint density at radius 1 is 0.875 bits per heavy atom. The molecule has 0 aliphatic carbocycles. The third kappa shape index (κ3) is 5.14. The van der Waals surface area contributed by atoms with E-state index in [4.69, 9.17) is 9.47 Å². The maximum atomic E-state index is 11.5. The van der Waals surface area contributed by atoms with Gasteiger partial charge in [0.1, 0.15) is 0 Å². The van der Waals surface area contributed by atoms with Crippen LogP contribution in [-0.4, -0.2) is 25.2 Å². The summed E-state index contributed by atoms with van der Waals surface area (Å²) in [6, 6.07) is 0. The van der Waals surface area contributed by atoms with Gasteiger partial charge >= 0.3 is 11.9 Å². The molecule has 0 spiro atoms. The lowest BCUT2D eigenvalue weighted by atomic mass is 9.96. The van der Waals surface area contributed by atoms with Crippen molar-refractivity contribution in [1.82, 2.24) is 0 Å². The fraction of sp³-hybridized carbons (Fsp3) is 0.833. The molecule has 2 atom stereocenters. The van der Waals surface area contributed by atoms with Crippen molar-refractivity contribution in [2.24, 2.45) is 11.8 Å². The van der Waals surface area contributed by atoms with Crippen molar-refractivity contribution in [3.8, 4) is 0 Å². The zero-order valence-corrected chi connectivity index (χ0v) is 10.6. The van der Waals surface area contributed by atoms with Crippen molar-refractivity contribution in [1.29, 1.82) is 0 Å². The fourth-order valence-corrected chi connectivity index (χ4v) is 1.08. The molecular weight excluding hydrogens is 208 g/mol. The molecule has 0 aromatic rings. The Balaban J connectivity index is 4.09. The van der Waals surface area contributed by atoms with Crippen molar-refractivity contribution in [3.05, 3.63) is 0 Å². The highest BCUT2D eigenvalue weighted by molar-refractivity contribution is 5.81. The number of hydrogen-bond donors (Lipinski definition) is 0. The second kappa shape index (κ2) is 8.13. The zero-order valence-electron chi connectivity index (χ0n) is 10.6. The summed E-state index contributed by atoms with van der Waals surface area (Å²) < 4.78 is 9.96. The number of rotatable bonds is 7. The molecule has 0 N–H and O–H groups in total. The van der Waals surface area contributed by atoms with Gasteiger partial charge in [0.05, 0.1) is 25.0 Å². The summed E-state index contributed by atoms with van der Waals surface area (Å²) in [7, 11) is 0. The minimum absolute atomic E-state index is 0.331. The van der Waals surface area contributed by atoms with E-state index in [0.717, 1.165) is 12.8 Å². The molecule has 4 heteroatoms. The van der Waals surface area contributed by atoms with Crippen LogP contribution in [0.2, 0.25) is 0 Å². The van der Waals surface area contributed by atoms with Crippen LogP contribution in [0, 0.1) is 11.8 Å². The first-order chi connectivity index (χ1) is 7.54. The van der Waals surface area contributed by atoms with Gasteiger partial charge in [-0.05, 0) is 12.8 Å². The predicted molar refractivity (Wildman–Crippen MR) is 60.8 cm³/mol. The Labute approximate surface area is 97.3 Å². The van der Waals surface area contributed by atoms with E-state index in [1.54, 1.807) is 13.8 Å². The van der Waals surface area contributed by atoms with E-state index in [0.29, 0.717) is 13.2 Å². The van der Waals surface area contributed by atoms with Gasteiger partial charge in [0.2, 0.25) is 0 Å². The Kier molecular flexibility index (Phi) is 7.60. The molecule has 0 saturated carbocycles. The van der Waals surface area contributed by atoms with Gasteiger partial charge in [0.15, 0.2) is 0 Å². The maximum Gasteiger partial charge on any atom is 0.309 e. The van der Waals surface area contributed by atoms with E-state index in [1.165, 1.54) is 0 Å². The lowest BCUT2D eigenvalue weighted by molar-refractivity contribution is -0.159. The van der Waals surface area contributed by atoms with Crippen LogP contribution < -0.4 is 0 Å². The van der Waals surface area contributed by atoms with Crippen molar-refractivity contribution in [3.63, 3.8) is 0 Å². The molecule has 0 rings (SSSR count). The summed E-state index contributed by atoms with van der Waals surface area (Å²) in [5, 5.41) is 0. The number of ether oxygens (including phenoxy) is 2. The Morgan fingerprint density at radius 2 is 1.19 bits per heavy atom. The van der Waals surface area contributed by atoms with Gasteiger partial charge in [-0.1, -0.05) is 27.7 Å². The third-order valence-corrected chi connectivity index (χ3v) is 2.39.